The second-order valence-corrected chi connectivity index (χ2v) is 5.86. The van der Waals surface area contributed by atoms with E-state index in [1.807, 2.05) is 31.2 Å². The third kappa shape index (κ3) is 4.84. The van der Waals surface area contributed by atoms with Gasteiger partial charge in [0.25, 0.3) is 0 Å². The molecule has 3 rings (SSSR count). The van der Waals surface area contributed by atoms with Crippen LogP contribution in [0.1, 0.15) is 11.4 Å². The molecule has 2 aromatic carbocycles. The SMILES string of the molecule is COc1ccc(Nc2cc(NCc3ccc(F)cc3)nc(C)n2)cc1OC. The van der Waals surface area contributed by atoms with Crippen LogP contribution in [0, 0.1) is 12.7 Å². The van der Waals surface area contributed by atoms with Crippen LogP contribution in [-0.4, -0.2) is 24.2 Å². The van der Waals surface area contributed by atoms with Crippen molar-refractivity contribution in [3.8, 4) is 11.5 Å². The summed E-state index contributed by atoms with van der Waals surface area (Å²) in [4.78, 5) is 8.80. The zero-order valence-corrected chi connectivity index (χ0v) is 15.4. The Bertz CT molecular complexity index is 916. The highest BCUT2D eigenvalue weighted by Gasteiger charge is 2.07. The third-order valence-electron chi connectivity index (χ3n) is 3.88. The van der Waals surface area contributed by atoms with E-state index in [1.165, 1.54) is 12.1 Å². The molecule has 0 aliphatic rings. The minimum absolute atomic E-state index is 0.252. The second kappa shape index (κ2) is 8.35. The third-order valence-corrected chi connectivity index (χ3v) is 3.88. The molecule has 7 heteroatoms. The lowest BCUT2D eigenvalue weighted by Crippen LogP contribution is -2.05. The number of ether oxygens (including phenoxy) is 2. The topological polar surface area (TPSA) is 68.3 Å². The summed E-state index contributed by atoms with van der Waals surface area (Å²) >= 11 is 0. The summed E-state index contributed by atoms with van der Waals surface area (Å²) in [5, 5.41) is 6.47. The van der Waals surface area contributed by atoms with Crippen LogP contribution in [-0.2, 0) is 6.54 Å². The molecule has 27 heavy (non-hydrogen) atoms. The van der Waals surface area contributed by atoms with Crippen molar-refractivity contribution in [1.82, 2.24) is 9.97 Å². The average Bonchev–Trinajstić information content (AvgIpc) is 2.67. The van der Waals surface area contributed by atoms with E-state index in [1.54, 1.807) is 26.4 Å². The highest BCUT2D eigenvalue weighted by atomic mass is 19.1. The fourth-order valence-electron chi connectivity index (χ4n) is 2.58. The maximum Gasteiger partial charge on any atom is 0.162 e. The van der Waals surface area contributed by atoms with Crippen molar-refractivity contribution in [2.24, 2.45) is 0 Å². The average molecular weight is 368 g/mol. The van der Waals surface area contributed by atoms with Gasteiger partial charge in [-0.1, -0.05) is 12.1 Å². The number of halogens is 1. The molecule has 0 saturated heterocycles. The molecule has 0 saturated carbocycles. The Labute approximate surface area is 157 Å². The summed E-state index contributed by atoms with van der Waals surface area (Å²) < 4.78 is 23.6. The van der Waals surface area contributed by atoms with E-state index in [2.05, 4.69) is 20.6 Å². The van der Waals surface area contributed by atoms with Gasteiger partial charge in [-0.3, -0.25) is 0 Å². The van der Waals surface area contributed by atoms with Gasteiger partial charge in [0.2, 0.25) is 0 Å². The van der Waals surface area contributed by atoms with Crippen LogP contribution in [0.2, 0.25) is 0 Å². The first-order valence-corrected chi connectivity index (χ1v) is 8.40. The number of nitrogens with zero attached hydrogens (tertiary/aromatic N) is 2. The number of hydrogen-bond donors (Lipinski definition) is 2. The highest BCUT2D eigenvalue weighted by Crippen LogP contribution is 2.31. The molecular formula is C20H21FN4O2. The number of benzene rings is 2. The van der Waals surface area contributed by atoms with Crippen molar-refractivity contribution >= 4 is 17.3 Å². The van der Waals surface area contributed by atoms with E-state index < -0.39 is 0 Å². The monoisotopic (exact) mass is 368 g/mol. The lowest BCUT2D eigenvalue weighted by atomic mass is 10.2. The van der Waals surface area contributed by atoms with Crippen molar-refractivity contribution in [2.75, 3.05) is 24.9 Å². The van der Waals surface area contributed by atoms with Crippen LogP contribution in [0.4, 0.5) is 21.7 Å². The zero-order chi connectivity index (χ0) is 19.2. The van der Waals surface area contributed by atoms with E-state index in [9.17, 15) is 4.39 Å². The van der Waals surface area contributed by atoms with Gasteiger partial charge in [-0.05, 0) is 36.8 Å². The van der Waals surface area contributed by atoms with Crippen LogP contribution in [0.5, 0.6) is 11.5 Å². The Morgan fingerprint density at radius 2 is 1.59 bits per heavy atom. The molecule has 0 spiro atoms. The Hall–Kier alpha value is -3.35. The number of aromatic nitrogens is 2. The standard InChI is InChI=1S/C20H21FN4O2/c1-13-23-19(22-12-14-4-6-15(21)7-5-14)11-20(24-13)25-16-8-9-17(26-2)18(10-16)27-3/h4-11H,12H2,1-3H3,(H2,22,23,24,25). The van der Waals surface area contributed by atoms with E-state index in [-0.39, 0.29) is 5.82 Å². The number of hydrogen-bond acceptors (Lipinski definition) is 6. The summed E-state index contributed by atoms with van der Waals surface area (Å²) in [5.41, 5.74) is 1.78. The van der Waals surface area contributed by atoms with Gasteiger partial charge in [-0.15, -0.1) is 0 Å². The summed E-state index contributed by atoms with van der Waals surface area (Å²) in [6, 6.07) is 13.7. The second-order valence-electron chi connectivity index (χ2n) is 5.86. The molecule has 140 valence electrons. The van der Waals surface area contributed by atoms with Crippen molar-refractivity contribution in [2.45, 2.75) is 13.5 Å². The molecule has 0 aliphatic carbocycles. The van der Waals surface area contributed by atoms with Gasteiger partial charge in [0.05, 0.1) is 14.2 Å². The smallest absolute Gasteiger partial charge is 0.162 e. The molecule has 0 aliphatic heterocycles. The fourth-order valence-corrected chi connectivity index (χ4v) is 2.58. The molecule has 0 unspecified atom stereocenters. The molecule has 0 radical (unpaired) electrons. The van der Waals surface area contributed by atoms with Gasteiger partial charge in [0, 0.05) is 24.4 Å². The van der Waals surface area contributed by atoms with Crippen LogP contribution in [0.25, 0.3) is 0 Å². The van der Waals surface area contributed by atoms with Crippen LogP contribution in [0.3, 0.4) is 0 Å². The Balaban J connectivity index is 1.74. The summed E-state index contributed by atoms with van der Waals surface area (Å²) in [6.45, 7) is 2.36. The maximum atomic E-state index is 13.0. The van der Waals surface area contributed by atoms with Gasteiger partial charge >= 0.3 is 0 Å². The molecule has 6 nitrogen and oxygen atoms in total. The molecular weight excluding hydrogens is 347 g/mol. The summed E-state index contributed by atoms with van der Waals surface area (Å²) in [6.07, 6.45) is 0. The Morgan fingerprint density at radius 3 is 2.30 bits per heavy atom. The minimum Gasteiger partial charge on any atom is -0.493 e. The first-order valence-electron chi connectivity index (χ1n) is 8.40. The Kier molecular flexibility index (Phi) is 5.71. The quantitative estimate of drug-likeness (QED) is 0.648. The summed E-state index contributed by atoms with van der Waals surface area (Å²) in [7, 11) is 3.19. The first-order chi connectivity index (χ1) is 13.1. The van der Waals surface area contributed by atoms with Crippen molar-refractivity contribution in [1.29, 1.82) is 0 Å². The number of methoxy groups -OCH3 is 2. The molecule has 0 bridgehead atoms. The molecule has 1 aromatic heterocycles. The van der Waals surface area contributed by atoms with Gasteiger partial charge in [0.15, 0.2) is 11.5 Å². The van der Waals surface area contributed by atoms with Gasteiger partial charge < -0.3 is 20.1 Å². The Morgan fingerprint density at radius 1 is 0.889 bits per heavy atom. The first kappa shape index (κ1) is 18.4. The minimum atomic E-state index is -0.252. The van der Waals surface area contributed by atoms with Gasteiger partial charge in [-0.2, -0.15) is 0 Å². The molecule has 0 amide bonds. The van der Waals surface area contributed by atoms with Crippen LogP contribution < -0.4 is 20.1 Å². The van der Waals surface area contributed by atoms with Crippen molar-refractivity contribution in [3.05, 3.63) is 65.7 Å². The van der Waals surface area contributed by atoms with Crippen LogP contribution >= 0.6 is 0 Å². The number of anilines is 3. The number of rotatable bonds is 7. The molecule has 0 fully saturated rings. The van der Waals surface area contributed by atoms with Crippen LogP contribution in [0.15, 0.2) is 48.5 Å². The maximum absolute atomic E-state index is 13.0. The summed E-state index contributed by atoms with van der Waals surface area (Å²) in [5.74, 6) is 2.98. The highest BCUT2D eigenvalue weighted by molar-refractivity contribution is 5.63. The van der Waals surface area contributed by atoms with E-state index in [4.69, 9.17) is 9.47 Å². The molecule has 1 heterocycles. The number of aryl methyl sites for hydroxylation is 1. The lowest BCUT2D eigenvalue weighted by molar-refractivity contribution is 0.355. The molecule has 2 N–H and O–H groups in total. The molecule has 3 aromatic rings. The normalized spacial score (nSPS) is 10.4. The lowest BCUT2D eigenvalue weighted by Gasteiger charge is -2.12. The van der Waals surface area contributed by atoms with Gasteiger partial charge in [-0.25, -0.2) is 14.4 Å². The predicted molar refractivity (Wildman–Crippen MR) is 103 cm³/mol. The number of nitrogens with one attached hydrogen (secondary N) is 2. The van der Waals surface area contributed by atoms with E-state index in [0.29, 0.717) is 35.5 Å². The van der Waals surface area contributed by atoms with Crippen molar-refractivity contribution in [3.63, 3.8) is 0 Å². The van der Waals surface area contributed by atoms with Gasteiger partial charge in [0.1, 0.15) is 23.3 Å². The predicted octanol–water partition coefficient (Wildman–Crippen LogP) is 4.30. The molecule has 0 atom stereocenters. The zero-order valence-electron chi connectivity index (χ0n) is 15.4. The van der Waals surface area contributed by atoms with Crippen molar-refractivity contribution < 1.29 is 13.9 Å². The largest absolute Gasteiger partial charge is 0.493 e. The van der Waals surface area contributed by atoms with E-state index >= 15 is 0 Å². The fraction of sp³-hybridized carbons (Fsp3) is 0.200. The van der Waals surface area contributed by atoms with E-state index in [0.717, 1.165) is 11.3 Å².